The van der Waals surface area contributed by atoms with Gasteiger partial charge in [0.1, 0.15) is 13.2 Å². The molecule has 0 aliphatic carbocycles. The third kappa shape index (κ3) is 58.6. The molecule has 0 heterocycles. The van der Waals surface area contributed by atoms with Gasteiger partial charge in [-0.3, -0.25) is 14.4 Å². The van der Waals surface area contributed by atoms with Gasteiger partial charge in [-0.05, 0) is 122 Å². The Bertz CT molecular complexity index is 1540. The fourth-order valence-corrected chi connectivity index (χ4v) is 7.94. The molecule has 0 saturated heterocycles. The Morgan fingerprint density at radius 2 is 0.562 bits per heavy atom. The van der Waals surface area contributed by atoms with Gasteiger partial charge in [0.05, 0.1) is 0 Å². The molecule has 0 spiro atoms. The van der Waals surface area contributed by atoms with Crippen LogP contribution in [0.25, 0.3) is 0 Å². The monoisotopic (exact) mass is 1010 g/mol. The van der Waals surface area contributed by atoms with Crippen LogP contribution < -0.4 is 0 Å². The Morgan fingerprint density at radius 3 is 0.959 bits per heavy atom. The van der Waals surface area contributed by atoms with Crippen molar-refractivity contribution in [1.82, 2.24) is 0 Å². The van der Waals surface area contributed by atoms with Gasteiger partial charge in [-0.2, -0.15) is 0 Å². The van der Waals surface area contributed by atoms with Crippen LogP contribution in [-0.2, 0) is 28.6 Å². The van der Waals surface area contributed by atoms with E-state index in [1.165, 1.54) is 116 Å². The van der Waals surface area contributed by atoms with Crippen LogP contribution >= 0.6 is 0 Å². The van der Waals surface area contributed by atoms with Gasteiger partial charge in [-0.25, -0.2) is 0 Å². The van der Waals surface area contributed by atoms with Gasteiger partial charge >= 0.3 is 17.9 Å². The van der Waals surface area contributed by atoms with Crippen molar-refractivity contribution in [2.24, 2.45) is 0 Å². The number of carbonyl (C=O) groups is 3. The van der Waals surface area contributed by atoms with Crippen molar-refractivity contribution < 1.29 is 28.6 Å². The molecule has 0 aromatic heterocycles. The summed E-state index contributed by atoms with van der Waals surface area (Å²) < 4.78 is 16.8. The minimum absolute atomic E-state index is 0.111. The van der Waals surface area contributed by atoms with E-state index in [9.17, 15) is 14.4 Å². The Labute approximate surface area is 450 Å². The van der Waals surface area contributed by atoms with E-state index in [-0.39, 0.29) is 37.5 Å². The van der Waals surface area contributed by atoms with E-state index in [2.05, 4.69) is 136 Å². The van der Waals surface area contributed by atoms with Crippen LogP contribution in [0.4, 0.5) is 0 Å². The summed E-state index contributed by atoms with van der Waals surface area (Å²) in [6.07, 6.45) is 83.4. The quantitative estimate of drug-likeness (QED) is 0.0261. The maximum absolute atomic E-state index is 12.9. The van der Waals surface area contributed by atoms with Gasteiger partial charge in [0.25, 0.3) is 0 Å². The van der Waals surface area contributed by atoms with Crippen molar-refractivity contribution in [1.29, 1.82) is 0 Å². The number of hydrogen-bond donors (Lipinski definition) is 0. The summed E-state index contributed by atoms with van der Waals surface area (Å²) in [6, 6.07) is 0. The molecule has 6 heteroatoms. The molecule has 0 bridgehead atoms. The van der Waals surface area contributed by atoms with Crippen LogP contribution in [0.1, 0.15) is 265 Å². The average molecular weight is 1010 g/mol. The lowest BCUT2D eigenvalue weighted by atomic mass is 10.1. The molecule has 0 saturated carbocycles. The van der Waals surface area contributed by atoms with Gasteiger partial charge in [0, 0.05) is 19.3 Å². The number of esters is 3. The molecule has 0 rings (SSSR count). The third-order valence-electron chi connectivity index (χ3n) is 12.4. The lowest BCUT2D eigenvalue weighted by Crippen LogP contribution is -2.30. The van der Waals surface area contributed by atoms with E-state index >= 15 is 0 Å². The highest BCUT2D eigenvalue weighted by molar-refractivity contribution is 5.71. The molecule has 6 nitrogen and oxygen atoms in total. The minimum Gasteiger partial charge on any atom is -0.462 e. The van der Waals surface area contributed by atoms with Crippen LogP contribution in [0, 0.1) is 0 Å². The van der Waals surface area contributed by atoms with Crippen LogP contribution in [0.5, 0.6) is 0 Å². The summed E-state index contributed by atoms with van der Waals surface area (Å²) in [5, 5.41) is 0. The van der Waals surface area contributed by atoms with Gasteiger partial charge in [0.15, 0.2) is 6.10 Å². The van der Waals surface area contributed by atoms with E-state index in [0.717, 1.165) is 103 Å². The van der Waals surface area contributed by atoms with Crippen LogP contribution in [-0.4, -0.2) is 37.2 Å². The average Bonchev–Trinajstić information content (AvgIpc) is 3.39. The first-order chi connectivity index (χ1) is 36.0. The summed E-state index contributed by atoms with van der Waals surface area (Å²) >= 11 is 0. The van der Waals surface area contributed by atoms with Crippen molar-refractivity contribution in [2.45, 2.75) is 271 Å². The number of carbonyl (C=O) groups excluding carboxylic acids is 3. The maximum Gasteiger partial charge on any atom is 0.306 e. The molecular weight excluding hydrogens is 901 g/mol. The Kier molecular flexibility index (Phi) is 56.9. The van der Waals surface area contributed by atoms with E-state index in [0.29, 0.717) is 19.3 Å². The molecule has 1 atom stereocenters. The molecule has 73 heavy (non-hydrogen) atoms. The van der Waals surface area contributed by atoms with E-state index in [1.807, 2.05) is 6.08 Å². The Balaban J connectivity index is 4.54. The molecule has 0 aliphatic rings. The van der Waals surface area contributed by atoms with Crippen LogP contribution in [0.15, 0.2) is 122 Å². The van der Waals surface area contributed by atoms with Crippen LogP contribution in [0.3, 0.4) is 0 Å². The Morgan fingerprint density at radius 1 is 0.288 bits per heavy atom. The topological polar surface area (TPSA) is 78.9 Å². The number of unbranched alkanes of at least 4 members (excludes halogenated alkanes) is 22. The lowest BCUT2D eigenvalue weighted by Gasteiger charge is -2.18. The zero-order chi connectivity index (χ0) is 52.9. The largest absolute Gasteiger partial charge is 0.462 e. The zero-order valence-electron chi connectivity index (χ0n) is 47.4. The lowest BCUT2D eigenvalue weighted by molar-refractivity contribution is -0.166. The van der Waals surface area contributed by atoms with Gasteiger partial charge in [-0.1, -0.05) is 245 Å². The minimum atomic E-state index is -0.822. The van der Waals surface area contributed by atoms with Crippen molar-refractivity contribution in [3.05, 3.63) is 122 Å². The predicted octanol–water partition coefficient (Wildman–Crippen LogP) is 20.4. The summed E-state index contributed by atoms with van der Waals surface area (Å²) in [6.45, 7) is 6.42. The highest BCUT2D eigenvalue weighted by Crippen LogP contribution is 2.14. The summed E-state index contributed by atoms with van der Waals surface area (Å²) in [4.78, 5) is 38.2. The molecule has 414 valence electrons. The Hall–Kier alpha value is -4.19. The smallest absolute Gasteiger partial charge is 0.306 e. The molecule has 0 unspecified atom stereocenters. The normalized spacial score (nSPS) is 13.0. The second-order valence-electron chi connectivity index (χ2n) is 19.5. The molecular formula is C67H110O6. The standard InChI is InChI=1S/C67H110O6/c1-4-7-10-13-16-19-22-25-28-31-33-36-39-42-45-48-51-54-57-60-66(69)72-63-64(62-71-65(68)59-56-53-50-47-44-41-38-35-30-27-24-21-18-15-12-9-6-3)73-67(70)61-58-55-52-49-46-43-40-37-34-32-29-26-23-20-17-14-11-8-5-2/h7,10,16-17,19-20,25-30,33-34,36-37,42,45,51,54,64H,4-6,8-9,11-15,18,21-24,31-32,35,38-41,43-44,46-50,52-53,55-63H2,1-3H3/b10-7-,19-16-,20-17-,28-25-,29-26-,30-27-,36-33-,37-34-,45-42-,54-51-/t64-/m1/s1. The molecule has 0 fully saturated rings. The second-order valence-corrected chi connectivity index (χ2v) is 19.5. The fraction of sp³-hybridized carbons (Fsp3) is 0.657. The first-order valence-electron chi connectivity index (χ1n) is 30.0. The number of hydrogen-bond acceptors (Lipinski definition) is 6. The van der Waals surface area contributed by atoms with Crippen molar-refractivity contribution in [2.75, 3.05) is 13.2 Å². The first kappa shape index (κ1) is 68.8. The SMILES string of the molecule is CC/C=C\C/C=C\C/C=C\C/C=C\C/C=C\C/C=C\CCC(=O)OC[C@@H](COC(=O)CCCCCCCCC/C=C\CCCCCCCC)OC(=O)CCCCCCCC/C=C\C/C=C\C/C=C\CCCCC. The molecule has 0 N–H and O–H groups in total. The fourth-order valence-electron chi connectivity index (χ4n) is 7.94. The molecule has 0 aliphatic heterocycles. The maximum atomic E-state index is 12.9. The third-order valence-corrected chi connectivity index (χ3v) is 12.4. The summed E-state index contributed by atoms with van der Waals surface area (Å²) in [5.41, 5.74) is 0. The van der Waals surface area contributed by atoms with Crippen molar-refractivity contribution >= 4 is 17.9 Å². The number of ether oxygens (including phenoxy) is 3. The van der Waals surface area contributed by atoms with Gasteiger partial charge in [-0.15, -0.1) is 0 Å². The highest BCUT2D eigenvalue weighted by Gasteiger charge is 2.19. The predicted molar refractivity (Wildman–Crippen MR) is 316 cm³/mol. The van der Waals surface area contributed by atoms with Gasteiger partial charge < -0.3 is 14.2 Å². The second kappa shape index (κ2) is 60.4. The molecule has 0 radical (unpaired) electrons. The molecule has 0 aromatic carbocycles. The van der Waals surface area contributed by atoms with E-state index in [4.69, 9.17) is 14.2 Å². The summed E-state index contributed by atoms with van der Waals surface area (Å²) in [5.74, 6) is -1.02. The molecule has 0 aromatic rings. The highest BCUT2D eigenvalue weighted by atomic mass is 16.6. The zero-order valence-corrected chi connectivity index (χ0v) is 47.4. The van der Waals surface area contributed by atoms with Gasteiger partial charge in [0.2, 0.25) is 0 Å². The van der Waals surface area contributed by atoms with E-state index in [1.54, 1.807) is 0 Å². The first-order valence-corrected chi connectivity index (χ1v) is 30.0. The van der Waals surface area contributed by atoms with Crippen molar-refractivity contribution in [3.8, 4) is 0 Å². The van der Waals surface area contributed by atoms with Crippen molar-refractivity contribution in [3.63, 3.8) is 0 Å². The summed E-state index contributed by atoms with van der Waals surface area (Å²) in [7, 11) is 0. The molecule has 0 amide bonds. The number of allylic oxidation sites excluding steroid dienone is 20. The van der Waals surface area contributed by atoms with Crippen LogP contribution in [0.2, 0.25) is 0 Å². The number of rotatable bonds is 53. The van der Waals surface area contributed by atoms with E-state index < -0.39 is 6.10 Å².